The number of nitrogens with zero attached hydrogens (tertiary/aromatic N) is 1. The Hall–Kier alpha value is -1.09. The molecule has 0 saturated heterocycles. The summed E-state index contributed by atoms with van der Waals surface area (Å²) in [5.74, 6) is 0.896. The number of rotatable bonds is 0. The van der Waals surface area contributed by atoms with Gasteiger partial charge >= 0.3 is 0 Å². The SMILES string of the molecule is O=C1C=CC=C2N=CCSC=C12. The van der Waals surface area contributed by atoms with Crippen LogP contribution in [0.1, 0.15) is 0 Å². The van der Waals surface area contributed by atoms with Crippen molar-refractivity contribution in [3.63, 3.8) is 0 Å². The predicted octanol–water partition coefficient (Wildman–Crippen LogP) is 1.71. The van der Waals surface area contributed by atoms with E-state index < -0.39 is 0 Å². The normalized spacial score (nSPS) is 21.2. The monoisotopic (exact) mass is 177 g/mol. The number of hydrogen-bond acceptors (Lipinski definition) is 3. The molecule has 12 heavy (non-hydrogen) atoms. The van der Waals surface area contributed by atoms with E-state index in [1.807, 2.05) is 17.7 Å². The number of carbonyl (C=O) groups is 1. The molecule has 1 heterocycles. The Balaban J connectivity index is 2.46. The number of carbonyl (C=O) groups excluding carboxylic acids is 1. The van der Waals surface area contributed by atoms with Gasteiger partial charge in [-0.1, -0.05) is 6.08 Å². The van der Waals surface area contributed by atoms with Crippen LogP contribution in [-0.4, -0.2) is 17.8 Å². The third kappa shape index (κ3) is 1.28. The first-order valence-electron chi connectivity index (χ1n) is 3.65. The second-order valence-electron chi connectivity index (χ2n) is 2.45. The van der Waals surface area contributed by atoms with Crippen molar-refractivity contribution >= 4 is 23.8 Å². The summed E-state index contributed by atoms with van der Waals surface area (Å²) >= 11 is 1.60. The van der Waals surface area contributed by atoms with E-state index >= 15 is 0 Å². The van der Waals surface area contributed by atoms with Crippen molar-refractivity contribution in [3.8, 4) is 0 Å². The summed E-state index contributed by atoms with van der Waals surface area (Å²) in [4.78, 5) is 15.5. The van der Waals surface area contributed by atoms with Crippen LogP contribution in [0, 0.1) is 0 Å². The van der Waals surface area contributed by atoms with Crippen LogP contribution >= 0.6 is 11.8 Å². The summed E-state index contributed by atoms with van der Waals surface area (Å²) in [6.45, 7) is 0. The van der Waals surface area contributed by atoms with Gasteiger partial charge in [-0.05, 0) is 17.6 Å². The molecule has 0 fully saturated rings. The maximum atomic E-state index is 11.3. The quantitative estimate of drug-likeness (QED) is 0.563. The number of hydrogen-bond donors (Lipinski definition) is 0. The van der Waals surface area contributed by atoms with Crippen LogP contribution in [0.2, 0.25) is 0 Å². The van der Waals surface area contributed by atoms with Crippen molar-refractivity contribution in [1.29, 1.82) is 0 Å². The lowest BCUT2D eigenvalue weighted by Gasteiger charge is -2.04. The molecule has 0 atom stereocenters. The van der Waals surface area contributed by atoms with Gasteiger partial charge in [-0.25, -0.2) is 0 Å². The number of aliphatic imine (C=N–C) groups is 1. The maximum Gasteiger partial charge on any atom is 0.188 e. The molecule has 1 aliphatic heterocycles. The van der Waals surface area contributed by atoms with Crippen LogP contribution in [0.3, 0.4) is 0 Å². The summed E-state index contributed by atoms with van der Waals surface area (Å²) in [5, 5.41) is 1.88. The van der Waals surface area contributed by atoms with E-state index in [2.05, 4.69) is 4.99 Å². The summed E-state index contributed by atoms with van der Waals surface area (Å²) in [5.41, 5.74) is 1.50. The average molecular weight is 177 g/mol. The molecular formula is C9H7NOS. The van der Waals surface area contributed by atoms with Gasteiger partial charge in [0, 0.05) is 12.0 Å². The smallest absolute Gasteiger partial charge is 0.188 e. The molecule has 0 saturated carbocycles. The Labute approximate surface area is 74.8 Å². The van der Waals surface area contributed by atoms with Gasteiger partial charge < -0.3 is 0 Å². The van der Waals surface area contributed by atoms with Crippen LogP contribution < -0.4 is 0 Å². The topological polar surface area (TPSA) is 29.4 Å². The average Bonchev–Trinajstić information content (AvgIpc) is 2.30. The van der Waals surface area contributed by atoms with Gasteiger partial charge in [-0.15, -0.1) is 11.8 Å². The fourth-order valence-corrected chi connectivity index (χ4v) is 1.73. The lowest BCUT2D eigenvalue weighted by molar-refractivity contribution is -0.111. The third-order valence-corrected chi connectivity index (χ3v) is 2.39. The molecule has 0 spiro atoms. The van der Waals surface area contributed by atoms with Crippen molar-refractivity contribution in [2.75, 3.05) is 5.75 Å². The highest BCUT2D eigenvalue weighted by Gasteiger charge is 2.14. The van der Waals surface area contributed by atoms with Crippen molar-refractivity contribution in [2.24, 2.45) is 4.99 Å². The van der Waals surface area contributed by atoms with Gasteiger partial charge in [0.15, 0.2) is 5.78 Å². The first-order valence-corrected chi connectivity index (χ1v) is 4.70. The van der Waals surface area contributed by atoms with E-state index in [-0.39, 0.29) is 5.78 Å². The molecule has 0 aromatic carbocycles. The first kappa shape index (κ1) is 7.55. The van der Waals surface area contributed by atoms with Crippen molar-refractivity contribution < 1.29 is 4.79 Å². The second kappa shape index (κ2) is 3.11. The number of ketones is 1. The summed E-state index contributed by atoms with van der Waals surface area (Å²) in [7, 11) is 0. The highest BCUT2D eigenvalue weighted by molar-refractivity contribution is 8.02. The standard InChI is InChI=1S/C9H7NOS/c11-9-3-1-2-8-7(9)6-12-5-4-10-8/h1-4,6H,5H2. The molecule has 0 radical (unpaired) electrons. The van der Waals surface area contributed by atoms with Crippen LogP contribution in [0.5, 0.6) is 0 Å². The minimum absolute atomic E-state index is 0.0547. The molecule has 0 aromatic rings. The van der Waals surface area contributed by atoms with E-state index in [4.69, 9.17) is 0 Å². The van der Waals surface area contributed by atoms with E-state index in [0.29, 0.717) is 0 Å². The number of fused-ring (bicyclic) bond motifs is 1. The Morgan fingerprint density at radius 3 is 3.33 bits per heavy atom. The van der Waals surface area contributed by atoms with Gasteiger partial charge in [0.25, 0.3) is 0 Å². The van der Waals surface area contributed by atoms with Crippen LogP contribution in [-0.2, 0) is 4.79 Å². The number of allylic oxidation sites excluding steroid dienone is 4. The minimum atomic E-state index is 0.0547. The van der Waals surface area contributed by atoms with Crippen molar-refractivity contribution in [2.45, 2.75) is 0 Å². The molecule has 0 unspecified atom stereocenters. The predicted molar refractivity (Wildman–Crippen MR) is 51.3 cm³/mol. The zero-order valence-electron chi connectivity index (χ0n) is 6.36. The van der Waals surface area contributed by atoms with Crippen LogP contribution in [0.15, 0.2) is 39.9 Å². The first-order chi connectivity index (χ1) is 5.88. The Morgan fingerprint density at radius 2 is 2.42 bits per heavy atom. The molecule has 0 amide bonds. The largest absolute Gasteiger partial charge is 0.289 e. The van der Waals surface area contributed by atoms with Gasteiger partial charge in [0.1, 0.15) is 0 Å². The molecular weight excluding hydrogens is 170 g/mol. The minimum Gasteiger partial charge on any atom is -0.289 e. The molecule has 2 rings (SSSR count). The molecule has 0 aromatic heterocycles. The highest BCUT2D eigenvalue weighted by atomic mass is 32.2. The molecule has 1 aliphatic carbocycles. The Bertz CT molecular complexity index is 336. The molecule has 3 heteroatoms. The molecule has 0 bridgehead atoms. The van der Waals surface area contributed by atoms with Crippen LogP contribution in [0.25, 0.3) is 0 Å². The van der Waals surface area contributed by atoms with E-state index in [9.17, 15) is 4.79 Å². The Kier molecular flexibility index (Phi) is 1.96. The fourth-order valence-electron chi connectivity index (χ4n) is 1.07. The van der Waals surface area contributed by atoms with Gasteiger partial charge in [0.05, 0.1) is 11.3 Å². The van der Waals surface area contributed by atoms with E-state index in [0.717, 1.165) is 17.0 Å². The van der Waals surface area contributed by atoms with Crippen LogP contribution in [0.4, 0.5) is 0 Å². The summed E-state index contributed by atoms with van der Waals surface area (Å²) < 4.78 is 0. The second-order valence-corrected chi connectivity index (χ2v) is 3.35. The molecule has 60 valence electrons. The maximum absolute atomic E-state index is 11.3. The van der Waals surface area contributed by atoms with Gasteiger partial charge in [-0.3, -0.25) is 9.79 Å². The van der Waals surface area contributed by atoms with E-state index in [1.165, 1.54) is 0 Å². The van der Waals surface area contributed by atoms with Gasteiger partial charge in [-0.2, -0.15) is 0 Å². The van der Waals surface area contributed by atoms with Crippen molar-refractivity contribution in [1.82, 2.24) is 0 Å². The van der Waals surface area contributed by atoms with Gasteiger partial charge in [0.2, 0.25) is 0 Å². The third-order valence-electron chi connectivity index (χ3n) is 1.65. The number of thioether (sulfide) groups is 1. The van der Waals surface area contributed by atoms with Crippen molar-refractivity contribution in [3.05, 3.63) is 34.9 Å². The lowest BCUT2D eigenvalue weighted by Crippen LogP contribution is -2.02. The fraction of sp³-hybridized carbons (Fsp3) is 0.111. The highest BCUT2D eigenvalue weighted by Crippen LogP contribution is 2.23. The lowest BCUT2D eigenvalue weighted by atomic mass is 10.1. The van der Waals surface area contributed by atoms with E-state index in [1.54, 1.807) is 23.9 Å². The molecule has 2 aliphatic rings. The zero-order valence-corrected chi connectivity index (χ0v) is 7.17. The zero-order chi connectivity index (χ0) is 8.39. The molecule has 2 nitrogen and oxygen atoms in total. The molecule has 0 N–H and O–H groups in total. The summed E-state index contributed by atoms with van der Waals surface area (Å²) in [6.07, 6.45) is 6.99. The summed E-state index contributed by atoms with van der Waals surface area (Å²) in [6, 6.07) is 0. The Morgan fingerprint density at radius 1 is 1.50 bits per heavy atom.